The first kappa shape index (κ1) is 11.2. The van der Waals surface area contributed by atoms with Gasteiger partial charge < -0.3 is 5.32 Å². The number of thiophene rings is 1. The second-order valence-electron chi connectivity index (χ2n) is 5.04. The average Bonchev–Trinajstić information content (AvgIpc) is 2.95. The summed E-state index contributed by atoms with van der Waals surface area (Å²) in [5.41, 5.74) is 0.527. The number of rotatable bonds is 6. The van der Waals surface area contributed by atoms with Crippen LogP contribution in [-0.2, 0) is 6.42 Å². The summed E-state index contributed by atoms with van der Waals surface area (Å²) in [5.74, 6) is 0.977. The molecule has 15 heavy (non-hydrogen) atoms. The Hall–Kier alpha value is -0.340. The van der Waals surface area contributed by atoms with Crippen molar-refractivity contribution in [3.63, 3.8) is 0 Å². The summed E-state index contributed by atoms with van der Waals surface area (Å²) in [6, 6.07) is 4.42. The molecule has 1 atom stereocenters. The molecule has 1 aromatic rings. The van der Waals surface area contributed by atoms with E-state index in [-0.39, 0.29) is 0 Å². The highest BCUT2D eigenvalue weighted by Crippen LogP contribution is 2.47. The maximum atomic E-state index is 3.36. The van der Waals surface area contributed by atoms with Crippen molar-refractivity contribution in [2.45, 2.75) is 32.6 Å². The Morgan fingerprint density at radius 1 is 1.53 bits per heavy atom. The van der Waals surface area contributed by atoms with E-state index in [0.29, 0.717) is 5.41 Å². The zero-order valence-electron chi connectivity index (χ0n) is 9.75. The fourth-order valence-corrected chi connectivity index (χ4v) is 3.19. The van der Waals surface area contributed by atoms with E-state index in [1.807, 2.05) is 11.3 Å². The lowest BCUT2D eigenvalue weighted by Crippen LogP contribution is -2.32. The SMILES string of the molecule is CNCC(C)(CCc1cccs1)C1CC1. The Labute approximate surface area is 96.9 Å². The van der Waals surface area contributed by atoms with E-state index >= 15 is 0 Å². The first-order chi connectivity index (χ1) is 7.24. The predicted octanol–water partition coefficient (Wildman–Crippen LogP) is 3.32. The summed E-state index contributed by atoms with van der Waals surface area (Å²) in [6.07, 6.45) is 5.48. The van der Waals surface area contributed by atoms with Crippen LogP contribution in [0.2, 0.25) is 0 Å². The van der Waals surface area contributed by atoms with Gasteiger partial charge >= 0.3 is 0 Å². The third-order valence-electron chi connectivity index (χ3n) is 3.67. The molecule has 0 saturated heterocycles. The molecule has 2 heteroatoms. The molecule has 1 fully saturated rings. The summed E-state index contributed by atoms with van der Waals surface area (Å²) in [4.78, 5) is 1.54. The van der Waals surface area contributed by atoms with Gasteiger partial charge in [-0.3, -0.25) is 0 Å². The molecule has 1 N–H and O–H groups in total. The third-order valence-corrected chi connectivity index (χ3v) is 4.60. The molecule has 0 aliphatic heterocycles. The van der Waals surface area contributed by atoms with Crippen LogP contribution < -0.4 is 5.32 Å². The van der Waals surface area contributed by atoms with Crippen molar-refractivity contribution < 1.29 is 0 Å². The van der Waals surface area contributed by atoms with Crippen molar-refractivity contribution in [1.29, 1.82) is 0 Å². The molecular formula is C13H21NS. The summed E-state index contributed by atoms with van der Waals surface area (Å²) < 4.78 is 0. The van der Waals surface area contributed by atoms with Crippen LogP contribution in [0.3, 0.4) is 0 Å². The van der Waals surface area contributed by atoms with Crippen LogP contribution in [-0.4, -0.2) is 13.6 Å². The lowest BCUT2D eigenvalue weighted by Gasteiger charge is -2.29. The summed E-state index contributed by atoms with van der Waals surface area (Å²) in [5, 5.41) is 5.55. The number of aryl methyl sites for hydroxylation is 1. The van der Waals surface area contributed by atoms with Crippen molar-refractivity contribution in [3.05, 3.63) is 22.4 Å². The normalized spacial score (nSPS) is 20.1. The molecule has 1 aliphatic rings. The lowest BCUT2D eigenvalue weighted by molar-refractivity contribution is 0.244. The maximum absolute atomic E-state index is 3.36. The van der Waals surface area contributed by atoms with Gasteiger partial charge in [0.2, 0.25) is 0 Å². The molecule has 0 aromatic carbocycles. The fraction of sp³-hybridized carbons (Fsp3) is 0.692. The summed E-state index contributed by atoms with van der Waals surface area (Å²) in [6.45, 7) is 3.62. The Morgan fingerprint density at radius 3 is 2.87 bits per heavy atom. The highest BCUT2D eigenvalue weighted by atomic mass is 32.1. The fourth-order valence-electron chi connectivity index (χ4n) is 2.48. The predicted molar refractivity (Wildman–Crippen MR) is 67.4 cm³/mol. The van der Waals surface area contributed by atoms with Gasteiger partial charge in [-0.15, -0.1) is 11.3 Å². The molecule has 1 heterocycles. The number of hydrogen-bond donors (Lipinski definition) is 1. The molecule has 1 nitrogen and oxygen atoms in total. The van der Waals surface area contributed by atoms with Crippen LogP contribution in [0, 0.1) is 11.3 Å². The molecule has 0 radical (unpaired) electrons. The lowest BCUT2D eigenvalue weighted by atomic mass is 9.80. The Morgan fingerprint density at radius 2 is 2.33 bits per heavy atom. The van der Waals surface area contributed by atoms with Crippen molar-refractivity contribution in [3.8, 4) is 0 Å². The Bertz CT molecular complexity index is 289. The molecule has 0 spiro atoms. The molecule has 0 amide bonds. The zero-order chi connectivity index (χ0) is 10.7. The zero-order valence-corrected chi connectivity index (χ0v) is 10.6. The highest BCUT2D eigenvalue weighted by molar-refractivity contribution is 7.09. The topological polar surface area (TPSA) is 12.0 Å². The first-order valence-corrected chi connectivity index (χ1v) is 6.79. The number of nitrogens with one attached hydrogen (secondary N) is 1. The van der Waals surface area contributed by atoms with E-state index < -0.39 is 0 Å². The van der Waals surface area contributed by atoms with Crippen LogP contribution in [0.4, 0.5) is 0 Å². The Balaban J connectivity index is 1.89. The summed E-state index contributed by atoms with van der Waals surface area (Å²) >= 11 is 1.89. The Kier molecular flexibility index (Phi) is 3.47. The van der Waals surface area contributed by atoms with Gasteiger partial charge in [-0.2, -0.15) is 0 Å². The minimum absolute atomic E-state index is 0.527. The van der Waals surface area contributed by atoms with Crippen molar-refractivity contribution >= 4 is 11.3 Å². The van der Waals surface area contributed by atoms with Gasteiger partial charge in [-0.25, -0.2) is 0 Å². The van der Waals surface area contributed by atoms with E-state index in [4.69, 9.17) is 0 Å². The molecule has 1 aromatic heterocycles. The summed E-state index contributed by atoms with van der Waals surface area (Å²) in [7, 11) is 2.08. The second kappa shape index (κ2) is 4.67. The highest BCUT2D eigenvalue weighted by Gasteiger charge is 2.40. The van der Waals surface area contributed by atoms with Gasteiger partial charge in [0.15, 0.2) is 0 Å². The van der Waals surface area contributed by atoms with E-state index in [9.17, 15) is 0 Å². The van der Waals surface area contributed by atoms with Gasteiger partial charge in [0.25, 0.3) is 0 Å². The second-order valence-corrected chi connectivity index (χ2v) is 6.07. The molecule has 2 rings (SSSR count). The quantitative estimate of drug-likeness (QED) is 0.780. The molecule has 1 aliphatic carbocycles. The molecule has 0 bridgehead atoms. The van der Waals surface area contributed by atoms with Gasteiger partial charge in [-0.1, -0.05) is 13.0 Å². The van der Waals surface area contributed by atoms with Crippen molar-refractivity contribution in [2.75, 3.05) is 13.6 Å². The van der Waals surface area contributed by atoms with Crippen LogP contribution in [0.1, 0.15) is 31.1 Å². The number of hydrogen-bond acceptors (Lipinski definition) is 2. The molecular weight excluding hydrogens is 202 g/mol. The monoisotopic (exact) mass is 223 g/mol. The van der Waals surface area contributed by atoms with E-state index in [2.05, 4.69) is 36.8 Å². The maximum Gasteiger partial charge on any atom is 0.00454 e. The van der Waals surface area contributed by atoms with Crippen LogP contribution in [0.15, 0.2) is 17.5 Å². The van der Waals surface area contributed by atoms with Crippen LogP contribution in [0.5, 0.6) is 0 Å². The van der Waals surface area contributed by atoms with Gasteiger partial charge in [-0.05, 0) is 55.5 Å². The van der Waals surface area contributed by atoms with Gasteiger partial charge in [0.05, 0.1) is 0 Å². The van der Waals surface area contributed by atoms with Crippen LogP contribution in [0.25, 0.3) is 0 Å². The van der Waals surface area contributed by atoms with Gasteiger partial charge in [0.1, 0.15) is 0 Å². The van der Waals surface area contributed by atoms with E-state index in [1.165, 1.54) is 37.1 Å². The molecule has 1 saturated carbocycles. The average molecular weight is 223 g/mol. The third kappa shape index (κ3) is 2.82. The minimum atomic E-state index is 0.527. The molecule has 1 unspecified atom stereocenters. The van der Waals surface area contributed by atoms with Crippen LogP contribution >= 0.6 is 11.3 Å². The van der Waals surface area contributed by atoms with E-state index in [0.717, 1.165) is 5.92 Å². The largest absolute Gasteiger partial charge is 0.319 e. The minimum Gasteiger partial charge on any atom is -0.319 e. The van der Waals surface area contributed by atoms with Crippen molar-refractivity contribution in [2.24, 2.45) is 11.3 Å². The van der Waals surface area contributed by atoms with Gasteiger partial charge in [0, 0.05) is 11.4 Å². The standard InChI is InChI=1S/C13H21NS/c1-13(10-14-2,11-5-6-11)8-7-12-4-3-9-15-12/h3-4,9,11,14H,5-8,10H2,1-2H3. The smallest absolute Gasteiger partial charge is 0.00454 e. The van der Waals surface area contributed by atoms with Crippen molar-refractivity contribution in [1.82, 2.24) is 5.32 Å². The first-order valence-electron chi connectivity index (χ1n) is 5.91. The van der Waals surface area contributed by atoms with E-state index in [1.54, 1.807) is 0 Å². The molecule has 84 valence electrons.